The number of ketones is 1. The van der Waals surface area contributed by atoms with Crippen molar-refractivity contribution in [2.45, 2.75) is 54.7 Å². The van der Waals surface area contributed by atoms with E-state index in [1.165, 1.54) is 7.11 Å². The first-order valence-corrected chi connectivity index (χ1v) is 12.9. The van der Waals surface area contributed by atoms with Gasteiger partial charge in [0.1, 0.15) is 22.2 Å². The highest BCUT2D eigenvalue weighted by atomic mass is 32.2. The average Bonchev–Trinajstić information content (AvgIpc) is 3.56. The summed E-state index contributed by atoms with van der Waals surface area (Å²) in [7, 11) is 1.40. The highest BCUT2D eigenvalue weighted by Gasteiger charge is 2.76. The van der Waals surface area contributed by atoms with Crippen molar-refractivity contribution in [3.05, 3.63) is 47.5 Å². The monoisotopic (exact) mass is 470 g/mol. The number of carbonyl (C=O) groups excluding carboxylic acids is 2. The molecule has 2 aliphatic carbocycles. The second kappa shape index (κ2) is 7.67. The molecule has 0 amide bonds. The van der Waals surface area contributed by atoms with Crippen LogP contribution in [0.25, 0.3) is 0 Å². The van der Waals surface area contributed by atoms with Crippen molar-refractivity contribution in [1.29, 1.82) is 0 Å². The van der Waals surface area contributed by atoms with Crippen LogP contribution in [-0.4, -0.2) is 48.4 Å². The van der Waals surface area contributed by atoms with Crippen LogP contribution >= 0.6 is 11.8 Å². The molecule has 2 spiro atoms. The summed E-state index contributed by atoms with van der Waals surface area (Å²) in [5, 5.41) is 0. The number of fused-ring (bicyclic) bond motifs is 3. The van der Waals surface area contributed by atoms with Crippen LogP contribution in [0.15, 0.2) is 42.0 Å². The van der Waals surface area contributed by atoms with Crippen molar-refractivity contribution in [2.75, 3.05) is 20.3 Å². The van der Waals surface area contributed by atoms with Gasteiger partial charge in [0.25, 0.3) is 0 Å². The van der Waals surface area contributed by atoms with E-state index in [0.717, 1.165) is 24.0 Å². The molecule has 0 unspecified atom stereocenters. The fraction of sp³-hybridized carbons (Fsp3) is 0.615. The minimum Gasteiger partial charge on any atom is -0.469 e. The summed E-state index contributed by atoms with van der Waals surface area (Å²) in [6.07, 6.45) is 4.87. The van der Waals surface area contributed by atoms with Gasteiger partial charge in [-0.25, -0.2) is 0 Å². The Kier molecular flexibility index (Phi) is 5.07. The topological polar surface area (TPSA) is 71.1 Å². The molecule has 6 rings (SSSR count). The number of benzene rings is 1. The fourth-order valence-corrected chi connectivity index (χ4v) is 8.83. The third-order valence-electron chi connectivity index (χ3n) is 8.58. The van der Waals surface area contributed by atoms with Crippen molar-refractivity contribution in [3.8, 4) is 0 Å². The zero-order chi connectivity index (χ0) is 22.8. The van der Waals surface area contributed by atoms with Crippen LogP contribution in [0.1, 0.15) is 38.2 Å². The van der Waals surface area contributed by atoms with Gasteiger partial charge in [0.05, 0.1) is 26.2 Å². The third-order valence-corrected chi connectivity index (χ3v) is 9.97. The molecule has 7 heteroatoms. The van der Waals surface area contributed by atoms with Gasteiger partial charge < -0.3 is 18.9 Å². The molecule has 0 radical (unpaired) electrons. The van der Waals surface area contributed by atoms with Gasteiger partial charge in [-0.05, 0) is 37.0 Å². The molecule has 176 valence electrons. The third kappa shape index (κ3) is 2.92. The molecule has 3 heterocycles. The highest BCUT2D eigenvalue weighted by molar-refractivity contribution is 8.00. The first-order chi connectivity index (χ1) is 16.0. The maximum absolute atomic E-state index is 13.7. The van der Waals surface area contributed by atoms with Crippen molar-refractivity contribution < 1.29 is 28.5 Å². The van der Waals surface area contributed by atoms with E-state index in [9.17, 15) is 9.59 Å². The van der Waals surface area contributed by atoms with Crippen LogP contribution in [0.3, 0.4) is 0 Å². The number of rotatable bonds is 4. The Labute approximate surface area is 198 Å². The fourth-order valence-electron chi connectivity index (χ4n) is 7.38. The molecule has 1 aromatic carbocycles. The molecule has 6 nitrogen and oxygen atoms in total. The smallest absolute Gasteiger partial charge is 0.313 e. The average molecular weight is 471 g/mol. The molecule has 5 aliphatic rings. The van der Waals surface area contributed by atoms with Gasteiger partial charge in [-0.2, -0.15) is 0 Å². The van der Waals surface area contributed by atoms with Crippen molar-refractivity contribution in [1.82, 2.24) is 0 Å². The van der Waals surface area contributed by atoms with Crippen LogP contribution in [0.2, 0.25) is 0 Å². The van der Waals surface area contributed by atoms with Gasteiger partial charge in [0.15, 0.2) is 5.79 Å². The molecule has 6 atom stereocenters. The number of ether oxygens (including phenoxy) is 4. The van der Waals surface area contributed by atoms with Gasteiger partial charge in [0.2, 0.25) is 0 Å². The number of esters is 1. The molecule has 0 N–H and O–H groups in total. The zero-order valence-corrected chi connectivity index (χ0v) is 19.9. The normalized spacial score (nSPS) is 40.4. The van der Waals surface area contributed by atoms with Crippen LogP contribution in [0, 0.1) is 23.7 Å². The molecule has 4 fully saturated rings. The van der Waals surface area contributed by atoms with Gasteiger partial charge in [0, 0.05) is 30.4 Å². The van der Waals surface area contributed by atoms with E-state index in [4.69, 9.17) is 18.9 Å². The molecule has 1 aromatic rings. The standard InChI is InChI=1S/C26H30O6S/c1-16-14-25(33-15-17-6-4-3-5-7-17)22(23(28)29-2)21-20(27)9-8-18-19(26(16,21)32-25)10-11-24(18)30-12-13-31-24/h3-7,14,18-19,21-22H,8-13,15H2,1-2H3/t18-,19+,21+,22+,25+,26-/m0/s1. The number of hydrogen-bond donors (Lipinski definition) is 0. The minimum atomic E-state index is -0.914. The summed E-state index contributed by atoms with van der Waals surface area (Å²) in [4.78, 5) is 26.0. The number of thioether (sulfide) groups is 1. The summed E-state index contributed by atoms with van der Waals surface area (Å²) in [5.74, 6) is -1.26. The quantitative estimate of drug-likeness (QED) is 0.488. The summed E-state index contributed by atoms with van der Waals surface area (Å²) >= 11 is 1.60. The molecule has 33 heavy (non-hydrogen) atoms. The van der Waals surface area contributed by atoms with Crippen LogP contribution in [0.4, 0.5) is 0 Å². The second-order valence-corrected chi connectivity index (χ2v) is 11.2. The van der Waals surface area contributed by atoms with E-state index in [1.54, 1.807) is 11.8 Å². The van der Waals surface area contributed by atoms with Crippen LogP contribution < -0.4 is 0 Å². The van der Waals surface area contributed by atoms with Crippen molar-refractivity contribution in [3.63, 3.8) is 0 Å². The Bertz CT molecular complexity index is 1000. The molecular weight excluding hydrogens is 440 g/mol. The Balaban J connectivity index is 1.43. The minimum absolute atomic E-state index is 0.0668. The molecule has 3 aliphatic heterocycles. The lowest BCUT2D eigenvalue weighted by molar-refractivity contribution is -0.196. The molecule has 2 saturated carbocycles. The first kappa shape index (κ1) is 21.8. The zero-order valence-electron chi connectivity index (χ0n) is 19.1. The predicted molar refractivity (Wildman–Crippen MR) is 122 cm³/mol. The molecule has 0 aromatic heterocycles. The number of hydrogen-bond acceptors (Lipinski definition) is 7. The molecule has 2 bridgehead atoms. The van der Waals surface area contributed by atoms with E-state index < -0.39 is 28.2 Å². The van der Waals surface area contributed by atoms with Crippen LogP contribution in [-0.2, 0) is 34.3 Å². The largest absolute Gasteiger partial charge is 0.469 e. The van der Waals surface area contributed by atoms with Crippen molar-refractivity contribution >= 4 is 23.5 Å². The van der Waals surface area contributed by atoms with Crippen molar-refractivity contribution in [2.24, 2.45) is 23.7 Å². The second-order valence-electron chi connectivity index (χ2n) is 9.96. The lowest BCUT2D eigenvalue weighted by atomic mass is 9.63. The van der Waals surface area contributed by atoms with E-state index in [1.807, 2.05) is 18.2 Å². The maximum atomic E-state index is 13.7. The SMILES string of the molecule is COC(=O)[C@H]1[C@H]2C(=O)CC[C@H]3[C@@H](CCC34OCCO4)[C@]23O[C@@]1(SCc1ccccc1)C=C3C. The molecule has 2 saturated heterocycles. The van der Waals surface area contributed by atoms with E-state index in [-0.39, 0.29) is 23.6 Å². The van der Waals surface area contributed by atoms with Gasteiger partial charge >= 0.3 is 5.97 Å². The van der Waals surface area contributed by atoms with Crippen LogP contribution in [0.5, 0.6) is 0 Å². The Morgan fingerprint density at radius 1 is 1.15 bits per heavy atom. The van der Waals surface area contributed by atoms with E-state index in [2.05, 4.69) is 25.1 Å². The van der Waals surface area contributed by atoms with Gasteiger partial charge in [-0.15, -0.1) is 11.8 Å². The van der Waals surface area contributed by atoms with E-state index in [0.29, 0.717) is 31.8 Å². The lowest BCUT2D eigenvalue weighted by Crippen LogP contribution is -2.51. The summed E-state index contributed by atoms with van der Waals surface area (Å²) in [5.41, 5.74) is 1.41. The summed E-state index contributed by atoms with van der Waals surface area (Å²) in [6, 6.07) is 10.2. The first-order valence-electron chi connectivity index (χ1n) is 11.9. The number of carbonyl (C=O) groups is 2. The van der Waals surface area contributed by atoms with Gasteiger partial charge in [-0.3, -0.25) is 9.59 Å². The van der Waals surface area contributed by atoms with E-state index >= 15 is 0 Å². The number of Topliss-reactive ketones (excluding diaryl/α,β-unsaturated/α-hetero) is 1. The Hall–Kier alpha value is -1.67. The predicted octanol–water partition coefficient (Wildman–Crippen LogP) is 3.88. The summed E-state index contributed by atoms with van der Waals surface area (Å²) in [6.45, 7) is 3.25. The Morgan fingerprint density at radius 2 is 1.91 bits per heavy atom. The van der Waals surface area contributed by atoms with Gasteiger partial charge in [-0.1, -0.05) is 30.3 Å². The number of methoxy groups -OCH3 is 1. The lowest BCUT2D eigenvalue weighted by Gasteiger charge is -2.41. The highest BCUT2D eigenvalue weighted by Crippen LogP contribution is 2.69. The molecular formula is C26H30O6S. The Morgan fingerprint density at radius 3 is 2.64 bits per heavy atom. The summed E-state index contributed by atoms with van der Waals surface area (Å²) < 4.78 is 24.6. The maximum Gasteiger partial charge on any atom is 0.313 e.